The van der Waals surface area contributed by atoms with Crippen molar-refractivity contribution >= 4 is 10.8 Å². The van der Waals surface area contributed by atoms with Crippen LogP contribution in [0.1, 0.15) is 11.1 Å². The first-order valence-electron chi connectivity index (χ1n) is 6.31. The van der Waals surface area contributed by atoms with Gasteiger partial charge < -0.3 is 0 Å². The molecule has 0 heterocycles. The van der Waals surface area contributed by atoms with E-state index in [-0.39, 0.29) is 0 Å². The summed E-state index contributed by atoms with van der Waals surface area (Å²) in [6.07, 6.45) is 0. The molecule has 0 spiro atoms. The number of fused-ring (bicyclic) bond motifs is 1. The molecule has 0 atom stereocenters. The summed E-state index contributed by atoms with van der Waals surface area (Å²) in [6, 6.07) is 21.7. The van der Waals surface area contributed by atoms with Crippen molar-refractivity contribution in [3.63, 3.8) is 0 Å². The smallest absolute Gasteiger partial charge is 0.0154 e. The fourth-order valence-corrected chi connectivity index (χ4v) is 2.55. The van der Waals surface area contributed by atoms with Crippen LogP contribution >= 0.6 is 0 Å². The molecule has 0 nitrogen and oxygen atoms in total. The summed E-state index contributed by atoms with van der Waals surface area (Å²) < 4.78 is 0. The molecule has 0 saturated carbocycles. The molecule has 3 aromatic rings. The second-order valence-corrected chi connectivity index (χ2v) is 4.83. The monoisotopic (exact) mass is 232 g/mol. The van der Waals surface area contributed by atoms with Crippen molar-refractivity contribution in [3.8, 4) is 11.1 Å². The van der Waals surface area contributed by atoms with Gasteiger partial charge in [-0.25, -0.2) is 0 Å². The SMILES string of the molecule is Cc1ccccc1-c1cc(C)c2ccccc2c1. The van der Waals surface area contributed by atoms with E-state index in [0.717, 1.165) is 0 Å². The highest BCUT2D eigenvalue weighted by Crippen LogP contribution is 2.29. The van der Waals surface area contributed by atoms with Crippen molar-refractivity contribution in [2.24, 2.45) is 0 Å². The highest BCUT2D eigenvalue weighted by Gasteiger charge is 2.04. The van der Waals surface area contributed by atoms with Crippen LogP contribution < -0.4 is 0 Å². The van der Waals surface area contributed by atoms with Crippen LogP contribution in [0.15, 0.2) is 60.7 Å². The highest BCUT2D eigenvalue weighted by molar-refractivity contribution is 5.90. The van der Waals surface area contributed by atoms with Gasteiger partial charge in [0.25, 0.3) is 0 Å². The standard InChI is InChI=1S/C18H16/c1-13-7-3-5-9-17(13)16-11-14(2)18-10-6-4-8-15(18)12-16/h3-12H,1-2H3. The lowest BCUT2D eigenvalue weighted by atomic mass is 9.95. The Balaban J connectivity index is 2.28. The van der Waals surface area contributed by atoms with Crippen molar-refractivity contribution in [2.75, 3.05) is 0 Å². The van der Waals surface area contributed by atoms with Crippen LogP contribution in [0.4, 0.5) is 0 Å². The largest absolute Gasteiger partial charge is 0.0620 e. The summed E-state index contributed by atoms with van der Waals surface area (Å²) in [6.45, 7) is 4.35. The lowest BCUT2D eigenvalue weighted by molar-refractivity contribution is 1.45. The predicted molar refractivity (Wildman–Crippen MR) is 78.9 cm³/mol. The van der Waals surface area contributed by atoms with Gasteiger partial charge in [0.05, 0.1) is 0 Å². The molecule has 0 saturated heterocycles. The number of hydrogen-bond donors (Lipinski definition) is 0. The molecule has 0 fully saturated rings. The molecular formula is C18H16. The van der Waals surface area contributed by atoms with Gasteiger partial charge >= 0.3 is 0 Å². The number of rotatable bonds is 1. The Morgan fingerprint density at radius 1 is 0.667 bits per heavy atom. The topological polar surface area (TPSA) is 0 Å². The normalized spacial score (nSPS) is 10.8. The van der Waals surface area contributed by atoms with Gasteiger partial charge in [-0.3, -0.25) is 0 Å². The summed E-state index contributed by atoms with van der Waals surface area (Å²) in [5.74, 6) is 0. The van der Waals surface area contributed by atoms with Gasteiger partial charge in [-0.05, 0) is 52.9 Å². The van der Waals surface area contributed by atoms with Gasteiger partial charge in [-0.2, -0.15) is 0 Å². The maximum absolute atomic E-state index is 2.28. The Kier molecular flexibility index (Phi) is 2.64. The van der Waals surface area contributed by atoms with E-state index in [1.54, 1.807) is 0 Å². The summed E-state index contributed by atoms with van der Waals surface area (Å²) in [5, 5.41) is 2.66. The minimum Gasteiger partial charge on any atom is -0.0620 e. The number of benzene rings is 3. The van der Waals surface area contributed by atoms with Gasteiger partial charge in [0, 0.05) is 0 Å². The quantitative estimate of drug-likeness (QED) is 0.546. The third kappa shape index (κ3) is 1.80. The van der Waals surface area contributed by atoms with E-state index < -0.39 is 0 Å². The van der Waals surface area contributed by atoms with Crippen LogP contribution in [0.25, 0.3) is 21.9 Å². The van der Waals surface area contributed by atoms with E-state index in [1.165, 1.54) is 33.0 Å². The molecule has 0 bridgehead atoms. The van der Waals surface area contributed by atoms with Gasteiger partial charge in [0.1, 0.15) is 0 Å². The van der Waals surface area contributed by atoms with E-state index in [4.69, 9.17) is 0 Å². The summed E-state index contributed by atoms with van der Waals surface area (Å²) >= 11 is 0. The van der Waals surface area contributed by atoms with Crippen LogP contribution in [0.3, 0.4) is 0 Å². The lowest BCUT2D eigenvalue weighted by Gasteiger charge is -2.09. The maximum Gasteiger partial charge on any atom is -0.0154 e. The van der Waals surface area contributed by atoms with E-state index in [9.17, 15) is 0 Å². The van der Waals surface area contributed by atoms with Crippen LogP contribution in [-0.2, 0) is 0 Å². The van der Waals surface area contributed by atoms with Gasteiger partial charge in [-0.15, -0.1) is 0 Å². The fourth-order valence-electron chi connectivity index (χ4n) is 2.55. The molecule has 0 heteroatoms. The maximum atomic E-state index is 2.28. The van der Waals surface area contributed by atoms with Crippen LogP contribution in [0.5, 0.6) is 0 Å². The first kappa shape index (κ1) is 11.0. The second-order valence-electron chi connectivity index (χ2n) is 4.83. The Hall–Kier alpha value is -2.08. The van der Waals surface area contributed by atoms with Gasteiger partial charge in [0.2, 0.25) is 0 Å². The van der Waals surface area contributed by atoms with Crippen molar-refractivity contribution < 1.29 is 0 Å². The van der Waals surface area contributed by atoms with E-state index in [0.29, 0.717) is 0 Å². The average Bonchev–Trinajstić information content (AvgIpc) is 2.39. The zero-order chi connectivity index (χ0) is 12.5. The van der Waals surface area contributed by atoms with E-state index in [2.05, 4.69) is 74.5 Å². The predicted octanol–water partition coefficient (Wildman–Crippen LogP) is 5.12. The molecule has 0 unspecified atom stereocenters. The van der Waals surface area contributed by atoms with Crippen LogP contribution in [0.2, 0.25) is 0 Å². The molecule has 3 rings (SSSR count). The summed E-state index contributed by atoms with van der Waals surface area (Å²) in [4.78, 5) is 0. The Labute approximate surface area is 108 Å². The third-order valence-electron chi connectivity index (χ3n) is 3.52. The average molecular weight is 232 g/mol. The zero-order valence-corrected chi connectivity index (χ0v) is 10.8. The van der Waals surface area contributed by atoms with Crippen LogP contribution in [-0.4, -0.2) is 0 Å². The summed E-state index contributed by atoms with van der Waals surface area (Å²) in [5.41, 5.74) is 5.30. The van der Waals surface area contributed by atoms with E-state index >= 15 is 0 Å². The zero-order valence-electron chi connectivity index (χ0n) is 10.8. The molecule has 0 amide bonds. The third-order valence-corrected chi connectivity index (χ3v) is 3.52. The minimum absolute atomic E-state index is 1.31. The molecule has 0 aromatic heterocycles. The minimum atomic E-state index is 1.31. The van der Waals surface area contributed by atoms with Crippen molar-refractivity contribution in [1.82, 2.24) is 0 Å². The molecule has 0 aliphatic rings. The Morgan fingerprint density at radius 2 is 1.39 bits per heavy atom. The Morgan fingerprint density at radius 3 is 2.22 bits per heavy atom. The van der Waals surface area contributed by atoms with Crippen molar-refractivity contribution in [1.29, 1.82) is 0 Å². The van der Waals surface area contributed by atoms with Crippen LogP contribution in [0, 0.1) is 13.8 Å². The number of aryl methyl sites for hydroxylation is 2. The second kappa shape index (κ2) is 4.30. The Bertz CT molecular complexity index is 708. The van der Waals surface area contributed by atoms with Crippen molar-refractivity contribution in [2.45, 2.75) is 13.8 Å². The fraction of sp³-hybridized carbons (Fsp3) is 0.111. The number of hydrogen-bond acceptors (Lipinski definition) is 0. The molecule has 3 aromatic carbocycles. The van der Waals surface area contributed by atoms with Gasteiger partial charge in [0.15, 0.2) is 0 Å². The van der Waals surface area contributed by atoms with E-state index in [1.807, 2.05) is 0 Å². The molecule has 18 heavy (non-hydrogen) atoms. The van der Waals surface area contributed by atoms with Crippen molar-refractivity contribution in [3.05, 3.63) is 71.8 Å². The lowest BCUT2D eigenvalue weighted by Crippen LogP contribution is -1.85. The van der Waals surface area contributed by atoms with Gasteiger partial charge in [-0.1, -0.05) is 54.6 Å². The molecular weight excluding hydrogens is 216 g/mol. The molecule has 0 radical (unpaired) electrons. The molecule has 88 valence electrons. The highest BCUT2D eigenvalue weighted by atomic mass is 14.1. The summed E-state index contributed by atoms with van der Waals surface area (Å²) in [7, 11) is 0. The molecule has 0 N–H and O–H groups in total. The molecule has 0 aliphatic heterocycles. The molecule has 0 aliphatic carbocycles. The first-order chi connectivity index (χ1) is 8.75. The first-order valence-corrected chi connectivity index (χ1v) is 6.31.